The predicted molar refractivity (Wildman–Crippen MR) is 105 cm³/mol. The molecule has 26 heavy (non-hydrogen) atoms. The highest BCUT2D eigenvalue weighted by molar-refractivity contribution is 5.96. The molecule has 0 aromatic heterocycles. The molecule has 1 aromatic carbocycles. The van der Waals surface area contributed by atoms with E-state index in [0.717, 1.165) is 42.7 Å². The number of piperidine rings is 1. The van der Waals surface area contributed by atoms with E-state index in [1.54, 1.807) is 0 Å². The van der Waals surface area contributed by atoms with Crippen molar-refractivity contribution in [1.82, 2.24) is 4.90 Å². The molecule has 4 saturated carbocycles. The molecule has 0 radical (unpaired) electrons. The zero-order chi connectivity index (χ0) is 17.9. The van der Waals surface area contributed by atoms with Gasteiger partial charge in [0.25, 0.3) is 5.91 Å². The minimum absolute atomic E-state index is 0.256. The number of rotatable bonds is 2. The van der Waals surface area contributed by atoms with Gasteiger partial charge in [0.1, 0.15) is 0 Å². The average molecular weight is 352 g/mol. The molecule has 2 heteroatoms. The fourth-order valence-corrected chi connectivity index (χ4v) is 7.25. The second kappa shape index (κ2) is 6.11. The first-order valence-corrected chi connectivity index (χ1v) is 11.0. The van der Waals surface area contributed by atoms with Crippen LogP contribution in [0.5, 0.6) is 0 Å². The monoisotopic (exact) mass is 351 g/mol. The maximum atomic E-state index is 13.1. The summed E-state index contributed by atoms with van der Waals surface area (Å²) >= 11 is 0. The van der Waals surface area contributed by atoms with Gasteiger partial charge in [0.2, 0.25) is 0 Å². The summed E-state index contributed by atoms with van der Waals surface area (Å²) in [7, 11) is 0. The summed E-state index contributed by atoms with van der Waals surface area (Å²) in [5.41, 5.74) is 4.10. The first kappa shape index (κ1) is 16.8. The molecular weight excluding hydrogens is 318 g/mol. The van der Waals surface area contributed by atoms with Crippen LogP contribution >= 0.6 is 0 Å². The van der Waals surface area contributed by atoms with Gasteiger partial charge >= 0.3 is 0 Å². The zero-order valence-corrected chi connectivity index (χ0v) is 16.5. The molecule has 1 aliphatic heterocycles. The zero-order valence-electron chi connectivity index (χ0n) is 16.5. The molecule has 6 rings (SSSR count). The summed E-state index contributed by atoms with van der Waals surface area (Å²) in [6.45, 7) is 5.29. The number of amides is 1. The van der Waals surface area contributed by atoms with Gasteiger partial charge in [-0.05, 0) is 112 Å². The Morgan fingerprint density at radius 2 is 1.69 bits per heavy atom. The molecule has 5 aliphatic rings. The van der Waals surface area contributed by atoms with Crippen LogP contribution in [-0.4, -0.2) is 23.4 Å². The normalized spacial score (nSPS) is 38.6. The Balaban J connectivity index is 1.43. The maximum absolute atomic E-state index is 13.1. The number of likely N-dealkylation sites (tertiary alicyclic amines) is 1. The Morgan fingerprint density at radius 3 is 2.27 bits per heavy atom. The Labute approximate surface area is 158 Å². The summed E-state index contributed by atoms with van der Waals surface area (Å²) in [4.78, 5) is 15.2. The van der Waals surface area contributed by atoms with Crippen LogP contribution in [0.3, 0.4) is 0 Å². The molecule has 1 heterocycles. The molecule has 4 aliphatic carbocycles. The average Bonchev–Trinajstić information content (AvgIpc) is 2.60. The smallest absolute Gasteiger partial charge is 0.254 e. The number of hydrogen-bond donors (Lipinski definition) is 0. The summed E-state index contributed by atoms with van der Waals surface area (Å²) in [5.74, 6) is 3.16. The van der Waals surface area contributed by atoms with Gasteiger partial charge in [-0.2, -0.15) is 0 Å². The lowest BCUT2D eigenvalue weighted by Gasteiger charge is -2.57. The van der Waals surface area contributed by atoms with E-state index in [9.17, 15) is 4.79 Å². The van der Waals surface area contributed by atoms with Crippen LogP contribution in [0.2, 0.25) is 0 Å². The van der Waals surface area contributed by atoms with Crippen LogP contribution in [-0.2, 0) is 5.41 Å². The molecule has 1 aromatic rings. The van der Waals surface area contributed by atoms with E-state index in [4.69, 9.17) is 0 Å². The fraction of sp³-hybridized carbons (Fsp3) is 0.708. The van der Waals surface area contributed by atoms with E-state index in [1.807, 2.05) is 0 Å². The lowest BCUT2D eigenvalue weighted by atomic mass is 9.48. The van der Waals surface area contributed by atoms with Crippen molar-refractivity contribution < 1.29 is 4.79 Å². The van der Waals surface area contributed by atoms with Crippen molar-refractivity contribution in [2.24, 2.45) is 17.8 Å². The molecule has 1 unspecified atom stereocenters. The Morgan fingerprint density at radius 1 is 1.04 bits per heavy atom. The van der Waals surface area contributed by atoms with Crippen molar-refractivity contribution in [1.29, 1.82) is 0 Å². The lowest BCUT2D eigenvalue weighted by molar-refractivity contribution is -0.00523. The van der Waals surface area contributed by atoms with Gasteiger partial charge in [-0.3, -0.25) is 4.79 Å². The first-order chi connectivity index (χ1) is 12.5. The van der Waals surface area contributed by atoms with Crippen LogP contribution in [0.25, 0.3) is 0 Å². The molecular formula is C24H33NO. The molecule has 1 atom stereocenters. The van der Waals surface area contributed by atoms with Crippen molar-refractivity contribution in [3.63, 3.8) is 0 Å². The first-order valence-electron chi connectivity index (χ1n) is 11.0. The molecule has 140 valence electrons. The van der Waals surface area contributed by atoms with Gasteiger partial charge in [-0.25, -0.2) is 0 Å². The largest absolute Gasteiger partial charge is 0.336 e. The number of hydrogen-bond acceptors (Lipinski definition) is 1. The standard InChI is InChI=1S/C24H33NO/c1-16-9-21(24-13-18-10-19(14-24)12-20(11-18)15-24)6-7-22(16)23(26)25-8-4-3-5-17(25)2/h6-7,9,17-20H,3-5,8,10-15H2,1-2H3. The maximum Gasteiger partial charge on any atom is 0.254 e. The SMILES string of the molecule is Cc1cc(C23CC4CC(CC(C4)C2)C3)ccc1C(=O)N1CCCCC1C. The van der Waals surface area contributed by atoms with Crippen LogP contribution in [0.15, 0.2) is 18.2 Å². The van der Waals surface area contributed by atoms with Gasteiger partial charge in [-0.15, -0.1) is 0 Å². The van der Waals surface area contributed by atoms with Crippen molar-refractivity contribution in [2.45, 2.75) is 83.1 Å². The molecule has 1 amide bonds. The van der Waals surface area contributed by atoms with Gasteiger partial charge in [0.15, 0.2) is 0 Å². The van der Waals surface area contributed by atoms with Crippen molar-refractivity contribution >= 4 is 5.91 Å². The van der Waals surface area contributed by atoms with Gasteiger partial charge < -0.3 is 4.90 Å². The summed E-state index contributed by atoms with van der Waals surface area (Å²) in [5, 5.41) is 0. The summed E-state index contributed by atoms with van der Waals surface area (Å²) in [6, 6.07) is 7.25. The third-order valence-electron chi connectivity index (χ3n) is 8.17. The Bertz CT molecular complexity index is 686. The van der Waals surface area contributed by atoms with Crippen LogP contribution < -0.4 is 0 Å². The second-order valence-electron chi connectivity index (χ2n) is 10.1. The van der Waals surface area contributed by atoms with E-state index in [1.165, 1.54) is 56.1 Å². The molecule has 0 N–H and O–H groups in total. The number of carbonyl (C=O) groups excluding carboxylic acids is 1. The number of nitrogens with zero attached hydrogens (tertiary/aromatic N) is 1. The van der Waals surface area contributed by atoms with Gasteiger partial charge in [0.05, 0.1) is 0 Å². The number of benzene rings is 1. The summed E-state index contributed by atoms with van der Waals surface area (Å²) in [6.07, 6.45) is 12.2. The van der Waals surface area contributed by atoms with Crippen LogP contribution in [0.4, 0.5) is 0 Å². The minimum atomic E-state index is 0.256. The topological polar surface area (TPSA) is 20.3 Å². The molecule has 4 bridgehead atoms. The lowest BCUT2D eigenvalue weighted by Crippen LogP contribution is -2.48. The summed E-state index contributed by atoms with van der Waals surface area (Å²) < 4.78 is 0. The predicted octanol–water partition coefficient (Wildman–Crippen LogP) is 5.48. The molecule has 2 nitrogen and oxygen atoms in total. The van der Waals surface area contributed by atoms with E-state index in [2.05, 4.69) is 36.9 Å². The third kappa shape index (κ3) is 2.63. The van der Waals surface area contributed by atoms with Gasteiger partial charge in [0, 0.05) is 18.2 Å². The van der Waals surface area contributed by atoms with Crippen molar-refractivity contribution in [2.75, 3.05) is 6.54 Å². The fourth-order valence-electron chi connectivity index (χ4n) is 7.25. The Hall–Kier alpha value is -1.31. The minimum Gasteiger partial charge on any atom is -0.336 e. The highest BCUT2D eigenvalue weighted by Gasteiger charge is 2.51. The van der Waals surface area contributed by atoms with Crippen LogP contribution in [0, 0.1) is 24.7 Å². The van der Waals surface area contributed by atoms with E-state index in [0.29, 0.717) is 11.5 Å². The molecule has 0 spiro atoms. The van der Waals surface area contributed by atoms with E-state index >= 15 is 0 Å². The van der Waals surface area contributed by atoms with Gasteiger partial charge in [-0.1, -0.05) is 12.1 Å². The third-order valence-corrected chi connectivity index (χ3v) is 8.17. The number of carbonyl (C=O) groups is 1. The molecule has 5 fully saturated rings. The number of aryl methyl sites for hydroxylation is 1. The van der Waals surface area contributed by atoms with Crippen molar-refractivity contribution in [3.8, 4) is 0 Å². The Kier molecular flexibility index (Phi) is 3.95. The molecule has 1 saturated heterocycles. The van der Waals surface area contributed by atoms with E-state index in [-0.39, 0.29) is 5.91 Å². The quantitative estimate of drug-likeness (QED) is 0.691. The highest BCUT2D eigenvalue weighted by atomic mass is 16.2. The van der Waals surface area contributed by atoms with E-state index < -0.39 is 0 Å². The van der Waals surface area contributed by atoms with Crippen molar-refractivity contribution in [3.05, 3.63) is 34.9 Å². The van der Waals surface area contributed by atoms with Crippen LogP contribution in [0.1, 0.15) is 86.2 Å². The second-order valence-corrected chi connectivity index (χ2v) is 10.1. The highest BCUT2D eigenvalue weighted by Crippen LogP contribution is 2.60.